The Kier molecular flexibility index (Phi) is 6.84. The third-order valence-corrected chi connectivity index (χ3v) is 5.81. The molecule has 33 heavy (non-hydrogen) atoms. The number of carbonyl (C=O) groups is 2. The number of para-hydroxylation sites is 1. The number of benzene rings is 1. The van der Waals surface area contributed by atoms with Gasteiger partial charge in [-0.15, -0.1) is 0 Å². The molecule has 2 amide bonds. The Morgan fingerprint density at radius 2 is 1.94 bits per heavy atom. The van der Waals surface area contributed by atoms with Crippen LogP contribution in [0.2, 0.25) is 0 Å². The number of hydrogen-bond acceptors (Lipinski definition) is 5. The van der Waals surface area contributed by atoms with Crippen LogP contribution in [0.15, 0.2) is 61.1 Å². The van der Waals surface area contributed by atoms with Gasteiger partial charge in [-0.2, -0.15) is 5.10 Å². The van der Waals surface area contributed by atoms with Crippen LogP contribution in [0, 0.1) is 5.92 Å². The summed E-state index contributed by atoms with van der Waals surface area (Å²) in [4.78, 5) is 29.0. The molecule has 8 heteroatoms. The van der Waals surface area contributed by atoms with Crippen molar-refractivity contribution in [3.05, 3.63) is 72.2 Å². The molecule has 4 rings (SSSR count). The summed E-state index contributed by atoms with van der Waals surface area (Å²) < 4.78 is 8.04. The molecule has 0 unspecified atom stereocenters. The molecule has 172 valence electrons. The molecule has 1 aromatic carbocycles. The van der Waals surface area contributed by atoms with E-state index in [0.29, 0.717) is 29.4 Å². The van der Waals surface area contributed by atoms with E-state index >= 15 is 0 Å². The third-order valence-electron chi connectivity index (χ3n) is 5.81. The molecule has 1 fully saturated rings. The van der Waals surface area contributed by atoms with Gasteiger partial charge in [-0.05, 0) is 43.0 Å². The summed E-state index contributed by atoms with van der Waals surface area (Å²) in [5.41, 5.74) is 2.03. The van der Waals surface area contributed by atoms with Gasteiger partial charge in [0.1, 0.15) is 0 Å². The number of hydrogen-bond donors (Lipinski definition) is 2. The van der Waals surface area contributed by atoms with E-state index in [1.54, 1.807) is 29.2 Å². The first-order chi connectivity index (χ1) is 15.9. The topological polar surface area (TPSA) is 98.1 Å². The molecule has 0 aliphatic carbocycles. The zero-order valence-electron chi connectivity index (χ0n) is 19.1. The Bertz CT molecular complexity index is 1100. The van der Waals surface area contributed by atoms with Gasteiger partial charge in [0, 0.05) is 42.8 Å². The number of anilines is 1. The number of nitrogens with one attached hydrogen (secondary N) is 2. The van der Waals surface area contributed by atoms with Crippen LogP contribution in [0.5, 0.6) is 0 Å². The molecule has 0 spiro atoms. The van der Waals surface area contributed by atoms with Crippen molar-refractivity contribution in [3.63, 3.8) is 0 Å². The van der Waals surface area contributed by atoms with Gasteiger partial charge < -0.3 is 15.4 Å². The minimum Gasteiger partial charge on any atom is -0.370 e. The lowest BCUT2D eigenvalue weighted by Crippen LogP contribution is -2.43. The van der Waals surface area contributed by atoms with Gasteiger partial charge >= 0.3 is 0 Å². The minimum atomic E-state index is -0.253. The second-order valence-electron chi connectivity index (χ2n) is 8.67. The normalized spacial score (nSPS) is 20.4. The second-order valence-corrected chi connectivity index (χ2v) is 8.67. The first-order valence-electron chi connectivity index (χ1n) is 11.2. The van der Waals surface area contributed by atoms with E-state index in [1.165, 1.54) is 13.1 Å². The third kappa shape index (κ3) is 5.46. The Hall–Kier alpha value is -3.52. The highest BCUT2D eigenvalue weighted by atomic mass is 16.5. The Balaban J connectivity index is 1.53. The number of nitrogens with zero attached hydrogens (tertiary/aromatic N) is 3. The van der Waals surface area contributed by atoms with E-state index in [4.69, 9.17) is 4.74 Å². The average molecular weight is 448 g/mol. The molecular formula is C25H29N5O3. The van der Waals surface area contributed by atoms with Gasteiger partial charge in [-0.3, -0.25) is 9.59 Å². The highest BCUT2D eigenvalue weighted by Gasteiger charge is 2.33. The van der Waals surface area contributed by atoms with Crippen LogP contribution in [0.3, 0.4) is 0 Å². The first kappa shape index (κ1) is 22.7. The molecule has 3 aromatic rings. The molecule has 3 heterocycles. The summed E-state index contributed by atoms with van der Waals surface area (Å²) in [6, 6.07) is 13.0. The molecular weight excluding hydrogens is 418 g/mol. The molecule has 1 aliphatic heterocycles. The van der Waals surface area contributed by atoms with Crippen LogP contribution in [0.1, 0.15) is 55.6 Å². The second kappa shape index (κ2) is 9.95. The van der Waals surface area contributed by atoms with Gasteiger partial charge in [-0.1, -0.05) is 32.0 Å². The minimum absolute atomic E-state index is 0.0170. The van der Waals surface area contributed by atoms with Crippen molar-refractivity contribution >= 4 is 17.5 Å². The van der Waals surface area contributed by atoms with Crippen LogP contribution in [0.4, 0.5) is 5.69 Å². The smallest absolute Gasteiger partial charge is 0.257 e. The quantitative estimate of drug-likeness (QED) is 0.597. The summed E-state index contributed by atoms with van der Waals surface area (Å²) in [6.45, 7) is 5.77. The highest BCUT2D eigenvalue weighted by molar-refractivity contribution is 6.04. The fraction of sp³-hybridized carbons (Fsp3) is 0.360. The monoisotopic (exact) mass is 447 g/mol. The number of aromatic nitrogens is 3. The van der Waals surface area contributed by atoms with Crippen molar-refractivity contribution in [3.8, 4) is 5.82 Å². The zero-order valence-corrected chi connectivity index (χ0v) is 19.1. The maximum Gasteiger partial charge on any atom is 0.257 e. The molecule has 2 aromatic heterocycles. The molecule has 1 saturated heterocycles. The van der Waals surface area contributed by atoms with Crippen molar-refractivity contribution in [2.75, 3.05) is 5.32 Å². The number of pyridine rings is 1. The fourth-order valence-corrected chi connectivity index (χ4v) is 4.14. The van der Waals surface area contributed by atoms with E-state index in [-0.39, 0.29) is 30.1 Å². The van der Waals surface area contributed by atoms with Crippen LogP contribution in [-0.2, 0) is 9.53 Å². The van der Waals surface area contributed by atoms with Crippen LogP contribution in [-0.4, -0.2) is 38.7 Å². The molecule has 8 nitrogen and oxygen atoms in total. The van der Waals surface area contributed by atoms with Crippen LogP contribution in [0.25, 0.3) is 5.82 Å². The number of carbonyl (C=O) groups excluding carboxylic acids is 2. The number of rotatable bonds is 6. The van der Waals surface area contributed by atoms with E-state index in [1.807, 2.05) is 30.3 Å². The SMILES string of the molecule is CC(=O)N[C@H]1C[C@@H](c2ccccc2NC(=O)c2ccc(-n3cccn3)nc2)O[C@@H](C(C)C)C1. The summed E-state index contributed by atoms with van der Waals surface area (Å²) in [6.07, 6.45) is 6.21. The van der Waals surface area contributed by atoms with Gasteiger partial charge in [0.05, 0.1) is 17.8 Å². The maximum absolute atomic E-state index is 13.0. The van der Waals surface area contributed by atoms with Gasteiger partial charge in [0.25, 0.3) is 5.91 Å². The molecule has 0 saturated carbocycles. The van der Waals surface area contributed by atoms with Crippen molar-refractivity contribution in [1.29, 1.82) is 0 Å². The standard InChI is InChI=1S/C25H29N5O3/c1-16(2)22-13-19(28-17(3)31)14-23(33-22)20-7-4-5-8-21(20)29-25(32)18-9-10-24(26-15-18)30-12-6-11-27-30/h4-12,15-16,19,22-23H,13-14H2,1-3H3,(H,28,31)(H,29,32)/t19-,22-,23+/m1/s1. The van der Waals surface area contributed by atoms with Crippen molar-refractivity contribution in [2.24, 2.45) is 5.92 Å². The molecule has 2 N–H and O–H groups in total. The van der Waals surface area contributed by atoms with Gasteiger partial charge in [0.15, 0.2) is 5.82 Å². The van der Waals surface area contributed by atoms with Gasteiger partial charge in [-0.25, -0.2) is 9.67 Å². The number of amides is 2. The Labute approximate surface area is 193 Å². The van der Waals surface area contributed by atoms with Crippen molar-refractivity contribution in [1.82, 2.24) is 20.1 Å². The molecule has 0 radical (unpaired) electrons. The lowest BCUT2D eigenvalue weighted by atomic mass is 9.89. The average Bonchev–Trinajstić information content (AvgIpc) is 3.34. The zero-order chi connectivity index (χ0) is 23.4. The predicted molar refractivity (Wildman–Crippen MR) is 125 cm³/mol. The Morgan fingerprint density at radius 3 is 2.61 bits per heavy atom. The molecule has 0 bridgehead atoms. The highest BCUT2D eigenvalue weighted by Crippen LogP contribution is 2.37. The maximum atomic E-state index is 13.0. The predicted octanol–water partition coefficient (Wildman–Crippen LogP) is 3.90. The van der Waals surface area contributed by atoms with Crippen molar-refractivity contribution < 1.29 is 14.3 Å². The van der Waals surface area contributed by atoms with Gasteiger partial charge in [0.2, 0.25) is 5.91 Å². The van der Waals surface area contributed by atoms with Crippen LogP contribution < -0.4 is 10.6 Å². The van der Waals surface area contributed by atoms with E-state index in [9.17, 15) is 9.59 Å². The van der Waals surface area contributed by atoms with Crippen LogP contribution >= 0.6 is 0 Å². The summed E-state index contributed by atoms with van der Waals surface area (Å²) in [5, 5.41) is 10.2. The van der Waals surface area contributed by atoms with E-state index in [2.05, 4.69) is 34.6 Å². The molecule has 3 atom stereocenters. The van der Waals surface area contributed by atoms with Crippen molar-refractivity contribution in [2.45, 2.75) is 51.9 Å². The lowest BCUT2D eigenvalue weighted by Gasteiger charge is -2.38. The van der Waals surface area contributed by atoms with E-state index in [0.717, 1.165) is 12.0 Å². The number of ether oxygens (including phenoxy) is 1. The fourth-order valence-electron chi connectivity index (χ4n) is 4.14. The summed E-state index contributed by atoms with van der Waals surface area (Å²) in [7, 11) is 0. The first-order valence-corrected chi connectivity index (χ1v) is 11.2. The van der Waals surface area contributed by atoms with E-state index < -0.39 is 0 Å². The summed E-state index contributed by atoms with van der Waals surface area (Å²) >= 11 is 0. The largest absolute Gasteiger partial charge is 0.370 e. The lowest BCUT2D eigenvalue weighted by molar-refractivity contribution is -0.123. The summed E-state index contributed by atoms with van der Waals surface area (Å²) in [5.74, 6) is 0.647. The molecule has 1 aliphatic rings. The Morgan fingerprint density at radius 1 is 1.12 bits per heavy atom.